The number of hydrogen-bond donors (Lipinski definition) is 0. The number of hydrogen-bond acceptors (Lipinski definition) is 4. The summed E-state index contributed by atoms with van der Waals surface area (Å²) in [6.07, 6.45) is 4.15. The topological polar surface area (TPSA) is 53.5 Å². The van der Waals surface area contributed by atoms with Gasteiger partial charge in [-0.05, 0) is 73.7 Å². The van der Waals surface area contributed by atoms with Crippen molar-refractivity contribution in [3.8, 4) is 0 Å². The van der Waals surface area contributed by atoms with E-state index in [0.717, 1.165) is 21.6 Å². The van der Waals surface area contributed by atoms with E-state index in [1.807, 2.05) is 56.0 Å². The minimum Gasteiger partial charge on any atom is -0.366 e. The second-order valence-electron chi connectivity index (χ2n) is 8.10. The lowest BCUT2D eigenvalue weighted by molar-refractivity contribution is -0.120. The molecule has 0 fully saturated rings. The summed E-state index contributed by atoms with van der Waals surface area (Å²) in [6, 6.07) is 15.4. The van der Waals surface area contributed by atoms with Gasteiger partial charge < -0.3 is 4.90 Å². The van der Waals surface area contributed by atoms with Crippen molar-refractivity contribution in [1.29, 1.82) is 0 Å². The molecule has 33 heavy (non-hydrogen) atoms. The Morgan fingerprint density at radius 3 is 2.33 bits per heavy atom. The molecule has 168 valence electrons. The number of rotatable bonds is 7. The molecular weight excluding hydrogens is 417 g/mol. The molecule has 3 aromatic rings. The van der Waals surface area contributed by atoms with Crippen LogP contribution >= 0.6 is 0 Å². The maximum Gasteiger partial charge on any atom is 0.282 e. The van der Waals surface area contributed by atoms with Crippen molar-refractivity contribution in [3.63, 3.8) is 0 Å². The summed E-state index contributed by atoms with van der Waals surface area (Å²) in [4.78, 5) is 34.2. The van der Waals surface area contributed by atoms with Crippen molar-refractivity contribution in [3.05, 3.63) is 101 Å². The molecule has 0 saturated carbocycles. The lowest BCUT2D eigenvalue weighted by Gasteiger charge is -2.25. The maximum absolute atomic E-state index is 14.6. The van der Waals surface area contributed by atoms with Crippen LogP contribution in [0.1, 0.15) is 29.2 Å². The summed E-state index contributed by atoms with van der Waals surface area (Å²) in [7, 11) is 0. The van der Waals surface area contributed by atoms with Gasteiger partial charge in [0.1, 0.15) is 11.5 Å². The Balaban J connectivity index is 1.80. The van der Waals surface area contributed by atoms with Crippen LogP contribution in [0.4, 0.5) is 10.1 Å². The van der Waals surface area contributed by atoms with E-state index >= 15 is 0 Å². The van der Waals surface area contributed by atoms with Crippen molar-refractivity contribution >= 4 is 23.1 Å². The first-order valence-electron chi connectivity index (χ1n) is 11.0. The number of likely N-dealkylation sites (N-methyl/N-ethyl adjacent to an activating group) is 1. The lowest BCUT2D eigenvalue weighted by Crippen LogP contribution is -2.36. The van der Waals surface area contributed by atoms with E-state index < -0.39 is 17.6 Å². The van der Waals surface area contributed by atoms with Gasteiger partial charge in [0.05, 0.1) is 11.3 Å². The number of para-hydroxylation sites is 1. The van der Waals surface area contributed by atoms with Crippen LogP contribution < -0.4 is 4.90 Å². The summed E-state index contributed by atoms with van der Waals surface area (Å²) in [5.41, 5.74) is 4.43. The molecular formula is C27H26FN3O2. The number of halogens is 1. The highest BCUT2D eigenvalue weighted by Gasteiger charge is 2.43. The van der Waals surface area contributed by atoms with Crippen LogP contribution in [-0.4, -0.2) is 34.8 Å². The fraction of sp³-hybridized carbons (Fsp3) is 0.222. The van der Waals surface area contributed by atoms with Gasteiger partial charge in [0, 0.05) is 25.5 Å². The summed E-state index contributed by atoms with van der Waals surface area (Å²) < 4.78 is 14.6. The van der Waals surface area contributed by atoms with Gasteiger partial charge in [-0.3, -0.25) is 14.6 Å². The molecule has 0 N–H and O–H groups in total. The number of anilines is 1. The van der Waals surface area contributed by atoms with Crippen molar-refractivity contribution < 1.29 is 14.0 Å². The number of amides is 2. The Morgan fingerprint density at radius 1 is 0.939 bits per heavy atom. The normalized spacial score (nSPS) is 13.8. The largest absolute Gasteiger partial charge is 0.366 e. The molecule has 5 nitrogen and oxygen atoms in total. The third-order valence-corrected chi connectivity index (χ3v) is 6.07. The number of imide groups is 1. The first kappa shape index (κ1) is 22.4. The molecule has 0 unspecified atom stereocenters. The van der Waals surface area contributed by atoms with Gasteiger partial charge in [0.2, 0.25) is 0 Å². The van der Waals surface area contributed by atoms with Gasteiger partial charge in [0.15, 0.2) is 0 Å². The number of pyridine rings is 1. The van der Waals surface area contributed by atoms with Gasteiger partial charge in [0.25, 0.3) is 11.8 Å². The SMILES string of the molecule is CCN(CCc1ccncc1)C1=C(c2ccc(C)c(C)c2)C(=O)N(c2ccccc2F)C1=O. The van der Waals surface area contributed by atoms with Gasteiger partial charge >= 0.3 is 0 Å². The fourth-order valence-corrected chi connectivity index (χ4v) is 4.06. The molecule has 0 aliphatic carbocycles. The minimum atomic E-state index is -0.611. The van der Waals surface area contributed by atoms with E-state index in [-0.39, 0.29) is 5.69 Å². The molecule has 0 saturated heterocycles. The molecule has 1 aromatic heterocycles. The van der Waals surface area contributed by atoms with Crippen LogP contribution in [0.3, 0.4) is 0 Å². The first-order chi connectivity index (χ1) is 15.9. The molecule has 2 amide bonds. The first-order valence-corrected chi connectivity index (χ1v) is 11.0. The molecule has 0 radical (unpaired) electrons. The van der Waals surface area contributed by atoms with E-state index in [1.54, 1.807) is 18.5 Å². The van der Waals surface area contributed by atoms with E-state index in [9.17, 15) is 14.0 Å². The Hall–Kier alpha value is -3.80. The van der Waals surface area contributed by atoms with Gasteiger partial charge in [-0.1, -0.05) is 30.3 Å². The van der Waals surface area contributed by atoms with E-state index in [0.29, 0.717) is 36.3 Å². The van der Waals surface area contributed by atoms with Gasteiger partial charge in [-0.25, -0.2) is 9.29 Å². The molecule has 0 atom stereocenters. The summed E-state index contributed by atoms with van der Waals surface area (Å²) in [6.45, 7) is 6.97. The van der Waals surface area contributed by atoms with Crippen LogP contribution in [-0.2, 0) is 16.0 Å². The molecule has 0 bridgehead atoms. The van der Waals surface area contributed by atoms with Gasteiger partial charge in [-0.2, -0.15) is 0 Å². The van der Waals surface area contributed by atoms with E-state index in [1.165, 1.54) is 18.2 Å². The van der Waals surface area contributed by atoms with Crippen LogP contribution in [0, 0.1) is 19.7 Å². The Kier molecular flexibility index (Phi) is 6.36. The molecule has 6 heteroatoms. The maximum atomic E-state index is 14.6. The second-order valence-corrected chi connectivity index (χ2v) is 8.10. The molecule has 1 aliphatic heterocycles. The summed E-state index contributed by atoms with van der Waals surface area (Å²) >= 11 is 0. The van der Waals surface area contributed by atoms with Crippen molar-refractivity contribution in [2.75, 3.05) is 18.0 Å². The average molecular weight is 444 g/mol. The van der Waals surface area contributed by atoms with Crippen LogP contribution in [0.15, 0.2) is 72.7 Å². The molecule has 4 rings (SSSR count). The number of aryl methyl sites for hydroxylation is 2. The number of aromatic nitrogens is 1. The fourth-order valence-electron chi connectivity index (χ4n) is 4.06. The van der Waals surface area contributed by atoms with Crippen molar-refractivity contribution in [2.24, 2.45) is 0 Å². The smallest absolute Gasteiger partial charge is 0.282 e. The highest BCUT2D eigenvalue weighted by Crippen LogP contribution is 2.36. The second kappa shape index (κ2) is 9.36. The van der Waals surface area contributed by atoms with E-state index in [2.05, 4.69) is 4.98 Å². The third-order valence-electron chi connectivity index (χ3n) is 6.07. The molecule has 1 aliphatic rings. The summed E-state index contributed by atoms with van der Waals surface area (Å²) in [5.74, 6) is -1.62. The Bertz CT molecular complexity index is 1240. The highest BCUT2D eigenvalue weighted by molar-refractivity contribution is 6.45. The number of nitrogens with zero attached hydrogens (tertiary/aromatic N) is 3. The monoisotopic (exact) mass is 443 g/mol. The Labute approximate surface area is 193 Å². The number of carbonyl (C=O) groups is 2. The predicted octanol–water partition coefficient (Wildman–Crippen LogP) is 4.69. The van der Waals surface area contributed by atoms with Gasteiger partial charge in [-0.15, -0.1) is 0 Å². The molecule has 2 heterocycles. The predicted molar refractivity (Wildman–Crippen MR) is 127 cm³/mol. The lowest BCUT2D eigenvalue weighted by atomic mass is 9.99. The number of benzene rings is 2. The molecule has 2 aromatic carbocycles. The Morgan fingerprint density at radius 2 is 1.67 bits per heavy atom. The zero-order valence-electron chi connectivity index (χ0n) is 19.0. The minimum absolute atomic E-state index is 0.0333. The van der Waals surface area contributed by atoms with Crippen molar-refractivity contribution in [2.45, 2.75) is 27.2 Å². The number of carbonyl (C=O) groups excluding carboxylic acids is 2. The summed E-state index contributed by atoms with van der Waals surface area (Å²) in [5, 5.41) is 0. The quantitative estimate of drug-likeness (QED) is 0.498. The highest BCUT2D eigenvalue weighted by atomic mass is 19.1. The van der Waals surface area contributed by atoms with Crippen LogP contribution in [0.2, 0.25) is 0 Å². The average Bonchev–Trinajstić information content (AvgIpc) is 3.07. The molecule has 0 spiro atoms. The zero-order chi connectivity index (χ0) is 23.5. The van der Waals surface area contributed by atoms with Crippen LogP contribution in [0.25, 0.3) is 5.57 Å². The zero-order valence-corrected chi connectivity index (χ0v) is 19.0. The van der Waals surface area contributed by atoms with E-state index in [4.69, 9.17) is 0 Å². The van der Waals surface area contributed by atoms with Crippen LogP contribution in [0.5, 0.6) is 0 Å². The van der Waals surface area contributed by atoms with Crippen molar-refractivity contribution in [1.82, 2.24) is 9.88 Å². The third kappa shape index (κ3) is 4.29. The standard InChI is InChI=1S/C27H26FN3O2/c1-4-30(16-13-20-11-14-29-15-12-20)25-24(21-10-9-18(2)19(3)17-21)26(32)31(27(25)33)23-8-6-5-7-22(23)28/h5-12,14-15,17H,4,13,16H2,1-3H3.